The van der Waals surface area contributed by atoms with Gasteiger partial charge >= 0.3 is 0 Å². The lowest BCUT2D eigenvalue weighted by atomic mass is 10.2. The Balaban J connectivity index is 1.40. The van der Waals surface area contributed by atoms with Crippen molar-refractivity contribution in [2.24, 2.45) is 0 Å². The second-order valence-corrected chi connectivity index (χ2v) is 11.1. The average Bonchev–Trinajstić information content (AvgIpc) is 3.32. The third-order valence-electron chi connectivity index (χ3n) is 5.21. The second-order valence-electron chi connectivity index (χ2n) is 7.30. The number of aromatic nitrogens is 2. The lowest BCUT2D eigenvalue weighted by Gasteiger charge is -2.25. The minimum Gasteiger partial charge on any atom is -0.493 e. The summed E-state index contributed by atoms with van der Waals surface area (Å²) in [7, 11) is -0.229. The molecule has 0 saturated carbocycles. The van der Waals surface area contributed by atoms with Gasteiger partial charge in [-0.1, -0.05) is 6.42 Å². The zero-order valence-electron chi connectivity index (χ0n) is 18.0. The van der Waals surface area contributed by atoms with Crippen LogP contribution in [0.1, 0.15) is 25.0 Å². The van der Waals surface area contributed by atoms with E-state index in [2.05, 4.69) is 4.98 Å². The summed E-state index contributed by atoms with van der Waals surface area (Å²) >= 11 is 3.10. The first-order valence-corrected chi connectivity index (χ1v) is 13.6. The number of thiazole rings is 1. The van der Waals surface area contributed by atoms with E-state index in [1.165, 1.54) is 18.0 Å². The molecule has 32 heavy (non-hydrogen) atoms. The highest BCUT2D eigenvalue weighted by molar-refractivity contribution is 7.98. The number of piperidine rings is 1. The van der Waals surface area contributed by atoms with E-state index in [-0.39, 0.29) is 4.90 Å². The van der Waals surface area contributed by atoms with Crippen molar-refractivity contribution >= 4 is 33.1 Å². The lowest BCUT2D eigenvalue weighted by molar-refractivity contribution is 0.346. The largest absolute Gasteiger partial charge is 0.493 e. The molecule has 0 spiro atoms. The fourth-order valence-electron chi connectivity index (χ4n) is 3.48. The Labute approximate surface area is 196 Å². The highest BCUT2D eigenvalue weighted by atomic mass is 32.2. The smallest absolute Gasteiger partial charge is 0.244 e. The number of sulfonamides is 1. The van der Waals surface area contributed by atoms with Crippen molar-refractivity contribution in [3.63, 3.8) is 0 Å². The highest BCUT2D eigenvalue weighted by Gasteiger charge is 2.26. The van der Waals surface area contributed by atoms with Gasteiger partial charge in [-0.25, -0.2) is 18.4 Å². The van der Waals surface area contributed by atoms with E-state index in [1.807, 2.05) is 23.6 Å². The van der Waals surface area contributed by atoms with Crippen molar-refractivity contribution < 1.29 is 17.9 Å². The molecule has 3 heterocycles. The first kappa shape index (κ1) is 23.0. The monoisotopic (exact) mass is 491 g/mol. The van der Waals surface area contributed by atoms with Gasteiger partial charge in [-0.2, -0.15) is 4.31 Å². The van der Waals surface area contributed by atoms with Crippen LogP contribution in [-0.2, 0) is 15.8 Å². The molecule has 7 nitrogen and oxygen atoms in total. The Morgan fingerprint density at radius 2 is 1.84 bits per heavy atom. The summed E-state index contributed by atoms with van der Waals surface area (Å²) in [4.78, 5) is 9.34. The van der Waals surface area contributed by atoms with Crippen molar-refractivity contribution in [1.29, 1.82) is 0 Å². The van der Waals surface area contributed by atoms with Gasteiger partial charge in [-0.05, 0) is 43.2 Å². The fourth-order valence-corrected chi connectivity index (χ4v) is 6.60. The molecule has 1 fully saturated rings. The molecule has 0 atom stereocenters. The number of pyridine rings is 1. The van der Waals surface area contributed by atoms with E-state index >= 15 is 0 Å². The summed E-state index contributed by atoms with van der Waals surface area (Å²) in [5.41, 5.74) is 1.91. The Morgan fingerprint density at radius 3 is 2.53 bits per heavy atom. The van der Waals surface area contributed by atoms with Gasteiger partial charge in [0.25, 0.3) is 0 Å². The van der Waals surface area contributed by atoms with E-state index < -0.39 is 10.0 Å². The number of nitrogens with zero attached hydrogens (tertiary/aromatic N) is 3. The zero-order chi connectivity index (χ0) is 22.6. The normalized spacial score (nSPS) is 14.9. The van der Waals surface area contributed by atoms with E-state index in [0.717, 1.165) is 40.6 Å². The maximum atomic E-state index is 12.8. The molecule has 10 heteroatoms. The van der Waals surface area contributed by atoms with E-state index in [4.69, 9.17) is 14.5 Å². The Bertz CT molecular complexity index is 1160. The summed E-state index contributed by atoms with van der Waals surface area (Å²) in [6, 6.07) is 9.16. The van der Waals surface area contributed by atoms with Gasteiger partial charge in [0.1, 0.15) is 9.90 Å². The van der Waals surface area contributed by atoms with Crippen LogP contribution in [0, 0.1) is 0 Å². The molecule has 4 rings (SSSR count). The number of methoxy groups -OCH3 is 2. The fraction of sp³-hybridized carbons (Fsp3) is 0.364. The van der Waals surface area contributed by atoms with Crippen LogP contribution in [0.3, 0.4) is 0 Å². The molecule has 1 aliphatic rings. The average molecular weight is 492 g/mol. The van der Waals surface area contributed by atoms with Crippen molar-refractivity contribution in [3.05, 3.63) is 47.6 Å². The van der Waals surface area contributed by atoms with E-state index in [0.29, 0.717) is 30.3 Å². The van der Waals surface area contributed by atoms with Crippen LogP contribution in [0.15, 0.2) is 51.8 Å². The molecule has 170 valence electrons. The molecule has 0 radical (unpaired) electrons. The molecular weight excluding hydrogens is 466 g/mol. The summed E-state index contributed by atoms with van der Waals surface area (Å²) in [5.74, 6) is 2.00. The van der Waals surface area contributed by atoms with Crippen LogP contribution in [0.4, 0.5) is 0 Å². The predicted octanol–water partition coefficient (Wildman–Crippen LogP) is 4.69. The minimum absolute atomic E-state index is 0.258. The van der Waals surface area contributed by atoms with E-state index in [1.54, 1.807) is 42.0 Å². The molecule has 3 aromatic rings. The van der Waals surface area contributed by atoms with Crippen molar-refractivity contribution in [1.82, 2.24) is 14.3 Å². The SMILES string of the molecule is COc1ccc(-c2nc(CSc3ccc(S(=O)(=O)N4CCCCC4)cn3)cs2)cc1OC. The molecule has 0 unspecified atom stereocenters. The molecule has 1 aromatic carbocycles. The van der Waals surface area contributed by atoms with Crippen LogP contribution in [-0.4, -0.2) is 50.0 Å². The molecule has 0 aliphatic carbocycles. The Kier molecular flexibility index (Phi) is 7.34. The van der Waals surface area contributed by atoms with Gasteiger partial charge in [-0.15, -0.1) is 23.1 Å². The summed E-state index contributed by atoms with van der Waals surface area (Å²) < 4.78 is 37.7. The van der Waals surface area contributed by atoms with Crippen LogP contribution >= 0.6 is 23.1 Å². The first-order chi connectivity index (χ1) is 15.5. The van der Waals surface area contributed by atoms with Gasteiger partial charge in [0, 0.05) is 36.0 Å². The molecule has 0 N–H and O–H groups in total. The topological polar surface area (TPSA) is 81.6 Å². The summed E-state index contributed by atoms with van der Waals surface area (Å²) in [5, 5.41) is 3.69. The molecule has 2 aromatic heterocycles. The Hall–Kier alpha value is -2.14. The van der Waals surface area contributed by atoms with Crippen LogP contribution < -0.4 is 9.47 Å². The van der Waals surface area contributed by atoms with Crippen molar-refractivity contribution in [2.75, 3.05) is 27.3 Å². The quantitative estimate of drug-likeness (QED) is 0.423. The molecule has 1 saturated heterocycles. The van der Waals surface area contributed by atoms with Gasteiger partial charge in [0.05, 0.1) is 24.9 Å². The number of rotatable bonds is 8. The van der Waals surface area contributed by atoms with Crippen LogP contribution in [0.2, 0.25) is 0 Å². The maximum Gasteiger partial charge on any atom is 0.244 e. The lowest BCUT2D eigenvalue weighted by Crippen LogP contribution is -2.35. The Morgan fingerprint density at radius 1 is 1.06 bits per heavy atom. The highest BCUT2D eigenvalue weighted by Crippen LogP contribution is 2.34. The van der Waals surface area contributed by atoms with Crippen molar-refractivity contribution in [3.8, 4) is 22.1 Å². The van der Waals surface area contributed by atoms with Gasteiger partial charge in [0.2, 0.25) is 10.0 Å². The van der Waals surface area contributed by atoms with Crippen LogP contribution in [0.5, 0.6) is 11.5 Å². The number of thioether (sulfide) groups is 1. The minimum atomic E-state index is -3.45. The van der Waals surface area contributed by atoms with E-state index in [9.17, 15) is 8.42 Å². The zero-order valence-corrected chi connectivity index (χ0v) is 20.4. The molecular formula is C22H25N3O4S3. The van der Waals surface area contributed by atoms with Crippen molar-refractivity contribution in [2.45, 2.75) is 34.9 Å². The number of ether oxygens (including phenoxy) is 2. The maximum absolute atomic E-state index is 12.8. The van der Waals surface area contributed by atoms with Crippen LogP contribution in [0.25, 0.3) is 10.6 Å². The third kappa shape index (κ3) is 5.09. The third-order valence-corrected chi connectivity index (χ3v) is 9.01. The molecule has 1 aliphatic heterocycles. The molecule has 0 amide bonds. The standard InChI is InChI=1S/C22H25N3O4S3/c1-28-19-8-6-16(12-20(19)29-2)22-24-17(15-31-22)14-30-21-9-7-18(13-23-21)32(26,27)25-10-4-3-5-11-25/h6-9,12-13,15H,3-5,10-11,14H2,1-2H3. The predicted molar refractivity (Wildman–Crippen MR) is 127 cm³/mol. The summed E-state index contributed by atoms with van der Waals surface area (Å²) in [6.07, 6.45) is 4.38. The number of hydrogen-bond donors (Lipinski definition) is 0. The second kappa shape index (κ2) is 10.2. The van der Waals surface area contributed by atoms with Gasteiger partial charge in [0.15, 0.2) is 11.5 Å². The molecule has 0 bridgehead atoms. The summed E-state index contributed by atoms with van der Waals surface area (Å²) in [6.45, 7) is 1.18. The first-order valence-electron chi connectivity index (χ1n) is 10.3. The van der Waals surface area contributed by atoms with Gasteiger partial charge in [-0.3, -0.25) is 0 Å². The van der Waals surface area contributed by atoms with Gasteiger partial charge < -0.3 is 9.47 Å². The number of benzene rings is 1. The number of hydrogen-bond acceptors (Lipinski definition) is 8.